The van der Waals surface area contributed by atoms with Crippen LogP contribution in [0.2, 0.25) is 0 Å². The molecular formula is C32H33N3O3S. The molecule has 0 fully saturated rings. The van der Waals surface area contributed by atoms with Crippen molar-refractivity contribution >= 4 is 29.3 Å². The molecule has 0 aliphatic carbocycles. The highest BCUT2D eigenvalue weighted by Crippen LogP contribution is 2.30. The summed E-state index contributed by atoms with van der Waals surface area (Å²) < 4.78 is 0. The van der Waals surface area contributed by atoms with Crippen molar-refractivity contribution in [1.29, 1.82) is 0 Å². The van der Waals surface area contributed by atoms with Crippen LogP contribution in [0.5, 0.6) is 0 Å². The molecule has 39 heavy (non-hydrogen) atoms. The Morgan fingerprint density at radius 2 is 1.67 bits per heavy atom. The van der Waals surface area contributed by atoms with Crippen LogP contribution in [0.4, 0.5) is 5.69 Å². The maximum Gasteiger partial charge on any atom is 0.326 e. The zero-order chi connectivity index (χ0) is 27.6. The standard InChI is InChI=1S/C32H33N3O3S/c1-23-9-6-7-13-27(23)29-19-25(14-15-28(29)31(36)34-30(32(37)38)16-18-39-2)22-35(26-12-8-17-33-20-26)21-24-10-4-3-5-11-24/h3-15,17,19-20,30H,16,18,21-22H2,1-2H3,(H,34,36)(H,37,38)/t30-/m0/s1. The van der Waals surface area contributed by atoms with Gasteiger partial charge in [-0.3, -0.25) is 9.78 Å². The van der Waals surface area contributed by atoms with Gasteiger partial charge < -0.3 is 15.3 Å². The second kappa shape index (κ2) is 13.6. The number of rotatable bonds is 12. The summed E-state index contributed by atoms with van der Waals surface area (Å²) in [4.78, 5) is 31.8. The number of anilines is 1. The molecule has 0 aliphatic heterocycles. The number of carboxylic acids is 1. The minimum atomic E-state index is -1.03. The molecule has 1 heterocycles. The number of aryl methyl sites for hydroxylation is 1. The fourth-order valence-corrected chi connectivity index (χ4v) is 4.99. The van der Waals surface area contributed by atoms with Crippen LogP contribution in [0.1, 0.15) is 33.5 Å². The zero-order valence-electron chi connectivity index (χ0n) is 22.2. The number of pyridine rings is 1. The highest BCUT2D eigenvalue weighted by molar-refractivity contribution is 7.98. The number of nitrogens with one attached hydrogen (secondary N) is 1. The van der Waals surface area contributed by atoms with Gasteiger partial charge in [0, 0.05) is 24.8 Å². The number of aromatic nitrogens is 1. The number of hydrogen-bond acceptors (Lipinski definition) is 5. The smallest absolute Gasteiger partial charge is 0.326 e. The van der Waals surface area contributed by atoms with E-state index in [2.05, 4.69) is 27.3 Å². The van der Waals surface area contributed by atoms with E-state index in [1.54, 1.807) is 18.0 Å². The van der Waals surface area contributed by atoms with Crippen LogP contribution in [0.25, 0.3) is 11.1 Å². The van der Waals surface area contributed by atoms with Crippen molar-refractivity contribution in [2.45, 2.75) is 32.5 Å². The lowest BCUT2D eigenvalue weighted by atomic mass is 9.93. The summed E-state index contributed by atoms with van der Waals surface area (Å²) in [5.41, 5.74) is 6.43. The molecule has 0 saturated carbocycles. The maximum absolute atomic E-state index is 13.4. The molecule has 0 saturated heterocycles. The van der Waals surface area contributed by atoms with E-state index < -0.39 is 12.0 Å². The number of carbonyl (C=O) groups is 2. The molecule has 1 amide bonds. The van der Waals surface area contributed by atoms with E-state index in [1.165, 1.54) is 5.56 Å². The second-order valence-electron chi connectivity index (χ2n) is 9.39. The predicted molar refractivity (Wildman–Crippen MR) is 159 cm³/mol. The van der Waals surface area contributed by atoms with Gasteiger partial charge in [0.1, 0.15) is 6.04 Å². The number of carboxylic acid groups (broad SMARTS) is 1. The molecule has 6 nitrogen and oxygen atoms in total. The van der Waals surface area contributed by atoms with Gasteiger partial charge in [-0.15, -0.1) is 0 Å². The third-order valence-electron chi connectivity index (χ3n) is 6.58. The van der Waals surface area contributed by atoms with Crippen molar-refractivity contribution < 1.29 is 14.7 Å². The van der Waals surface area contributed by atoms with E-state index in [0.29, 0.717) is 30.8 Å². The van der Waals surface area contributed by atoms with Crippen molar-refractivity contribution in [3.63, 3.8) is 0 Å². The molecule has 1 atom stereocenters. The number of nitrogens with zero attached hydrogens (tertiary/aromatic N) is 2. The number of aliphatic carboxylic acids is 1. The lowest BCUT2D eigenvalue weighted by molar-refractivity contribution is -0.139. The van der Waals surface area contributed by atoms with Crippen LogP contribution in [0.15, 0.2) is 97.3 Å². The largest absolute Gasteiger partial charge is 0.480 e. The SMILES string of the molecule is CSCC[C@H](NC(=O)c1ccc(CN(Cc2ccccc2)c2cccnc2)cc1-c1ccccc1C)C(=O)O. The summed E-state index contributed by atoms with van der Waals surface area (Å²) in [7, 11) is 0. The van der Waals surface area contributed by atoms with Gasteiger partial charge in [-0.25, -0.2) is 4.79 Å². The van der Waals surface area contributed by atoms with Crippen LogP contribution < -0.4 is 10.2 Å². The number of hydrogen-bond donors (Lipinski definition) is 2. The third-order valence-corrected chi connectivity index (χ3v) is 7.22. The van der Waals surface area contributed by atoms with Crippen LogP contribution in [-0.2, 0) is 17.9 Å². The molecule has 0 radical (unpaired) electrons. The van der Waals surface area contributed by atoms with Crippen molar-refractivity contribution in [2.24, 2.45) is 0 Å². The highest BCUT2D eigenvalue weighted by Gasteiger charge is 2.23. The van der Waals surface area contributed by atoms with Crippen molar-refractivity contribution in [3.8, 4) is 11.1 Å². The fraction of sp³-hybridized carbons (Fsp3) is 0.219. The molecule has 4 rings (SSSR count). The third kappa shape index (κ3) is 7.48. The van der Waals surface area contributed by atoms with Crippen LogP contribution >= 0.6 is 11.8 Å². The minimum absolute atomic E-state index is 0.361. The Morgan fingerprint density at radius 1 is 0.923 bits per heavy atom. The number of carbonyl (C=O) groups excluding carboxylic acids is 1. The van der Waals surface area contributed by atoms with Gasteiger partial charge in [0.25, 0.3) is 5.91 Å². The summed E-state index contributed by atoms with van der Waals surface area (Å²) in [6.07, 6.45) is 5.90. The summed E-state index contributed by atoms with van der Waals surface area (Å²) in [6, 6.07) is 27.0. The average molecular weight is 540 g/mol. The fourth-order valence-electron chi connectivity index (χ4n) is 4.52. The van der Waals surface area contributed by atoms with E-state index in [1.807, 2.05) is 92.2 Å². The number of benzene rings is 3. The van der Waals surface area contributed by atoms with E-state index in [9.17, 15) is 14.7 Å². The monoisotopic (exact) mass is 539 g/mol. The molecule has 2 N–H and O–H groups in total. The van der Waals surface area contributed by atoms with Gasteiger partial charge in [-0.2, -0.15) is 11.8 Å². The summed E-state index contributed by atoms with van der Waals surface area (Å²) in [6.45, 7) is 3.32. The van der Waals surface area contributed by atoms with Crippen molar-refractivity contribution in [2.75, 3.05) is 16.9 Å². The van der Waals surface area contributed by atoms with Gasteiger partial charge in [0.2, 0.25) is 0 Å². The second-order valence-corrected chi connectivity index (χ2v) is 10.4. The molecule has 0 unspecified atom stereocenters. The van der Waals surface area contributed by atoms with E-state index in [-0.39, 0.29) is 5.91 Å². The normalized spacial score (nSPS) is 11.5. The van der Waals surface area contributed by atoms with E-state index in [0.717, 1.165) is 27.9 Å². The van der Waals surface area contributed by atoms with Crippen molar-refractivity contribution in [1.82, 2.24) is 10.3 Å². The topological polar surface area (TPSA) is 82.5 Å². The quantitative estimate of drug-likeness (QED) is 0.223. The first kappa shape index (κ1) is 27.9. The Kier molecular flexibility index (Phi) is 9.75. The van der Waals surface area contributed by atoms with Gasteiger partial charge in [-0.05, 0) is 77.4 Å². The first-order valence-electron chi connectivity index (χ1n) is 12.9. The Bertz CT molecular complexity index is 1400. The Balaban J connectivity index is 1.70. The lowest BCUT2D eigenvalue weighted by Gasteiger charge is -2.25. The molecule has 0 spiro atoms. The molecule has 7 heteroatoms. The molecule has 4 aromatic rings. The Hall–Kier alpha value is -4.10. The molecule has 0 bridgehead atoms. The first-order chi connectivity index (χ1) is 19.0. The molecule has 200 valence electrons. The van der Waals surface area contributed by atoms with Gasteiger partial charge in [-0.1, -0.05) is 60.7 Å². The van der Waals surface area contributed by atoms with E-state index >= 15 is 0 Å². The Labute approximate surface area is 234 Å². The maximum atomic E-state index is 13.4. The zero-order valence-corrected chi connectivity index (χ0v) is 23.0. The Morgan fingerprint density at radius 3 is 2.36 bits per heavy atom. The number of thioether (sulfide) groups is 1. The first-order valence-corrected chi connectivity index (χ1v) is 14.3. The van der Waals surface area contributed by atoms with Gasteiger partial charge in [0.05, 0.1) is 11.9 Å². The summed E-state index contributed by atoms with van der Waals surface area (Å²) in [5, 5.41) is 12.4. The average Bonchev–Trinajstić information content (AvgIpc) is 2.96. The minimum Gasteiger partial charge on any atom is -0.480 e. The van der Waals surface area contributed by atoms with Crippen LogP contribution in [-0.4, -0.2) is 40.0 Å². The molecule has 1 aromatic heterocycles. The van der Waals surface area contributed by atoms with E-state index in [4.69, 9.17) is 0 Å². The van der Waals surface area contributed by atoms with Crippen LogP contribution in [0, 0.1) is 6.92 Å². The number of amides is 1. The highest BCUT2D eigenvalue weighted by atomic mass is 32.2. The molecule has 0 aliphatic rings. The van der Waals surface area contributed by atoms with Gasteiger partial charge in [0.15, 0.2) is 0 Å². The summed E-state index contributed by atoms with van der Waals surface area (Å²) in [5.74, 6) is -0.770. The summed E-state index contributed by atoms with van der Waals surface area (Å²) >= 11 is 1.55. The molecule has 3 aromatic carbocycles. The van der Waals surface area contributed by atoms with Crippen molar-refractivity contribution in [3.05, 3.63) is 120 Å². The van der Waals surface area contributed by atoms with Gasteiger partial charge >= 0.3 is 5.97 Å². The molecular weight excluding hydrogens is 506 g/mol. The van der Waals surface area contributed by atoms with Crippen LogP contribution in [0.3, 0.4) is 0 Å². The predicted octanol–water partition coefficient (Wildman–Crippen LogP) is 6.20. The lowest BCUT2D eigenvalue weighted by Crippen LogP contribution is -2.41.